The summed E-state index contributed by atoms with van der Waals surface area (Å²) in [7, 11) is 2.12. The number of aromatic nitrogens is 1. The normalized spacial score (nSPS) is 18.3. The number of carbonyl (C=O) groups is 1. The molecule has 3 aromatic rings. The second kappa shape index (κ2) is 10.7. The fraction of sp³-hybridized carbons (Fsp3) is 0.484. The number of likely N-dealkylation sites (N-methyl/N-ethyl adjacent to an activating group) is 1. The Labute approximate surface area is 221 Å². The monoisotopic (exact) mass is 500 g/mol. The maximum Gasteiger partial charge on any atom is 0.252 e. The van der Waals surface area contributed by atoms with Crippen LogP contribution in [-0.4, -0.2) is 55.1 Å². The van der Waals surface area contributed by atoms with Crippen LogP contribution in [0.1, 0.15) is 67.4 Å². The van der Waals surface area contributed by atoms with Crippen LogP contribution >= 0.6 is 0 Å². The molecule has 5 rings (SSSR count). The first-order valence-corrected chi connectivity index (χ1v) is 13.8. The molecule has 1 saturated heterocycles. The van der Waals surface area contributed by atoms with E-state index in [1.165, 1.54) is 11.3 Å². The SMILES string of the molecule is CCCN(CCC)c1cc(C2(NC(=O)c3cc(OCC4CCN4C)ccc3C)CC2)c2cccnc2c1. The molecule has 2 aliphatic rings. The third-order valence-electron chi connectivity index (χ3n) is 8.01. The Kier molecular flexibility index (Phi) is 7.38. The summed E-state index contributed by atoms with van der Waals surface area (Å²) in [5, 5.41) is 4.56. The number of benzene rings is 2. The Hall–Kier alpha value is -3.12. The Morgan fingerprint density at radius 3 is 2.59 bits per heavy atom. The van der Waals surface area contributed by atoms with Crippen molar-refractivity contribution in [1.82, 2.24) is 15.2 Å². The van der Waals surface area contributed by atoms with Crippen molar-refractivity contribution >= 4 is 22.5 Å². The molecule has 1 saturated carbocycles. The van der Waals surface area contributed by atoms with Crippen molar-refractivity contribution in [1.29, 1.82) is 0 Å². The molecule has 1 amide bonds. The summed E-state index contributed by atoms with van der Waals surface area (Å²) < 4.78 is 6.07. The van der Waals surface area contributed by atoms with Crippen molar-refractivity contribution in [2.75, 3.05) is 38.2 Å². The van der Waals surface area contributed by atoms with E-state index in [4.69, 9.17) is 9.72 Å². The van der Waals surface area contributed by atoms with Crippen LogP contribution < -0.4 is 15.0 Å². The number of aryl methyl sites for hydroxylation is 1. The predicted molar refractivity (Wildman–Crippen MR) is 151 cm³/mol. The first kappa shape index (κ1) is 25.5. The summed E-state index contributed by atoms with van der Waals surface area (Å²) >= 11 is 0. The highest BCUT2D eigenvalue weighted by atomic mass is 16.5. The molecule has 1 aliphatic carbocycles. The zero-order valence-corrected chi connectivity index (χ0v) is 22.7. The molecule has 6 heteroatoms. The third-order valence-corrected chi connectivity index (χ3v) is 8.01. The average molecular weight is 501 g/mol. The van der Waals surface area contributed by atoms with Crippen LogP contribution in [0.5, 0.6) is 5.75 Å². The van der Waals surface area contributed by atoms with Gasteiger partial charge in [-0.1, -0.05) is 26.0 Å². The number of pyridine rings is 1. The van der Waals surface area contributed by atoms with Gasteiger partial charge in [-0.2, -0.15) is 0 Å². The van der Waals surface area contributed by atoms with Crippen molar-refractivity contribution in [3.05, 3.63) is 65.4 Å². The van der Waals surface area contributed by atoms with Crippen molar-refractivity contribution in [3.63, 3.8) is 0 Å². The molecule has 1 aromatic heterocycles. The van der Waals surface area contributed by atoms with Crippen LogP contribution in [-0.2, 0) is 5.54 Å². The summed E-state index contributed by atoms with van der Waals surface area (Å²) in [6.45, 7) is 10.2. The third kappa shape index (κ3) is 5.30. The Balaban J connectivity index is 1.42. The molecular weight excluding hydrogens is 460 g/mol. The summed E-state index contributed by atoms with van der Waals surface area (Å²) in [4.78, 5) is 23.1. The molecule has 1 N–H and O–H groups in total. The Morgan fingerprint density at radius 2 is 1.95 bits per heavy atom. The van der Waals surface area contributed by atoms with Gasteiger partial charge in [0, 0.05) is 42.0 Å². The number of fused-ring (bicyclic) bond motifs is 1. The lowest BCUT2D eigenvalue weighted by Gasteiger charge is -2.37. The topological polar surface area (TPSA) is 57.7 Å². The van der Waals surface area contributed by atoms with Gasteiger partial charge in [-0.05, 0) is 94.1 Å². The van der Waals surface area contributed by atoms with E-state index in [1.807, 2.05) is 37.4 Å². The average Bonchev–Trinajstić information content (AvgIpc) is 3.68. The number of ether oxygens (including phenoxy) is 1. The van der Waals surface area contributed by atoms with E-state index in [-0.39, 0.29) is 11.4 Å². The number of hydrogen-bond acceptors (Lipinski definition) is 5. The molecular formula is C31H40N4O2. The van der Waals surface area contributed by atoms with E-state index in [2.05, 4.69) is 54.2 Å². The number of nitrogens with zero attached hydrogens (tertiary/aromatic N) is 3. The zero-order chi connectivity index (χ0) is 26.0. The smallest absolute Gasteiger partial charge is 0.252 e. The van der Waals surface area contributed by atoms with E-state index >= 15 is 0 Å². The van der Waals surface area contributed by atoms with Crippen LogP contribution in [0.15, 0.2) is 48.7 Å². The van der Waals surface area contributed by atoms with Gasteiger partial charge in [0.2, 0.25) is 0 Å². The van der Waals surface area contributed by atoms with Crippen molar-refractivity contribution < 1.29 is 9.53 Å². The second-order valence-electron chi connectivity index (χ2n) is 10.8. The zero-order valence-electron chi connectivity index (χ0n) is 22.7. The van der Waals surface area contributed by atoms with Crippen molar-refractivity contribution in [2.45, 2.75) is 64.5 Å². The van der Waals surface area contributed by atoms with Gasteiger partial charge in [-0.25, -0.2) is 0 Å². The lowest BCUT2D eigenvalue weighted by molar-refractivity contribution is 0.0767. The van der Waals surface area contributed by atoms with E-state index in [0.29, 0.717) is 18.2 Å². The summed E-state index contributed by atoms with van der Waals surface area (Å²) in [5.74, 6) is 0.718. The quantitative estimate of drug-likeness (QED) is 0.368. The maximum absolute atomic E-state index is 13.7. The number of anilines is 1. The largest absolute Gasteiger partial charge is 0.492 e. The van der Waals surface area contributed by atoms with E-state index in [9.17, 15) is 4.79 Å². The van der Waals surface area contributed by atoms with Gasteiger partial charge < -0.3 is 15.0 Å². The molecule has 1 atom stereocenters. The van der Waals surface area contributed by atoms with E-state index in [0.717, 1.165) is 74.0 Å². The number of nitrogens with one attached hydrogen (secondary N) is 1. The minimum absolute atomic E-state index is 0.0392. The minimum Gasteiger partial charge on any atom is -0.492 e. The summed E-state index contributed by atoms with van der Waals surface area (Å²) in [6.07, 6.45) is 7.05. The number of carbonyl (C=O) groups excluding carboxylic acids is 1. The van der Waals surface area contributed by atoms with Gasteiger partial charge in [-0.15, -0.1) is 0 Å². The van der Waals surface area contributed by atoms with Crippen LogP contribution in [0.2, 0.25) is 0 Å². The molecule has 0 spiro atoms. The van der Waals surface area contributed by atoms with Gasteiger partial charge in [0.15, 0.2) is 0 Å². The number of likely N-dealkylation sites (tertiary alicyclic amines) is 1. The summed E-state index contributed by atoms with van der Waals surface area (Å²) in [5.41, 5.74) is 4.63. The molecule has 2 heterocycles. The molecule has 6 nitrogen and oxygen atoms in total. The van der Waals surface area contributed by atoms with Crippen molar-refractivity contribution in [3.8, 4) is 5.75 Å². The number of rotatable bonds is 11. The first-order chi connectivity index (χ1) is 17.9. The highest BCUT2D eigenvalue weighted by Gasteiger charge is 2.47. The molecule has 0 radical (unpaired) electrons. The van der Waals surface area contributed by atoms with Gasteiger partial charge in [0.1, 0.15) is 12.4 Å². The minimum atomic E-state index is -0.365. The Morgan fingerprint density at radius 1 is 1.16 bits per heavy atom. The lowest BCUT2D eigenvalue weighted by atomic mass is 9.96. The molecule has 1 unspecified atom stereocenters. The molecule has 2 aromatic carbocycles. The second-order valence-corrected chi connectivity index (χ2v) is 10.8. The fourth-order valence-electron chi connectivity index (χ4n) is 5.44. The lowest BCUT2D eigenvalue weighted by Crippen LogP contribution is -2.48. The van der Waals surface area contributed by atoms with E-state index in [1.54, 1.807) is 0 Å². The standard InChI is InChI=1S/C31H40N4O2/c1-5-15-35(16-6-2)24-18-28(26-8-7-14-32-29(26)19-24)31(12-13-31)33-30(36)27-20-25(10-9-22(27)3)37-21-23-11-17-34(23)4/h7-10,14,18-20,23H,5-6,11-13,15-17,21H2,1-4H3,(H,33,36). The first-order valence-electron chi connectivity index (χ1n) is 13.8. The Bertz CT molecular complexity index is 1260. The van der Waals surface area contributed by atoms with E-state index < -0.39 is 0 Å². The van der Waals surface area contributed by atoms with Crippen LogP contribution in [0.3, 0.4) is 0 Å². The highest BCUT2D eigenvalue weighted by Crippen LogP contribution is 2.49. The number of amides is 1. The molecule has 37 heavy (non-hydrogen) atoms. The van der Waals surface area contributed by atoms with Crippen LogP contribution in [0, 0.1) is 6.92 Å². The van der Waals surface area contributed by atoms with Gasteiger partial charge >= 0.3 is 0 Å². The molecule has 1 aliphatic heterocycles. The predicted octanol–water partition coefficient (Wildman–Crippen LogP) is 5.67. The van der Waals surface area contributed by atoms with Gasteiger partial charge in [-0.3, -0.25) is 14.7 Å². The molecule has 0 bridgehead atoms. The highest BCUT2D eigenvalue weighted by molar-refractivity contribution is 5.97. The number of hydrogen-bond donors (Lipinski definition) is 1. The molecule has 196 valence electrons. The molecule has 2 fully saturated rings. The summed E-state index contributed by atoms with van der Waals surface area (Å²) in [6, 6.07) is 14.9. The van der Waals surface area contributed by atoms with Gasteiger partial charge in [0.05, 0.1) is 11.1 Å². The van der Waals surface area contributed by atoms with Crippen LogP contribution in [0.4, 0.5) is 5.69 Å². The van der Waals surface area contributed by atoms with Crippen LogP contribution in [0.25, 0.3) is 10.9 Å². The fourth-order valence-corrected chi connectivity index (χ4v) is 5.44. The maximum atomic E-state index is 13.7. The van der Waals surface area contributed by atoms with Crippen molar-refractivity contribution in [2.24, 2.45) is 0 Å². The van der Waals surface area contributed by atoms with Gasteiger partial charge in [0.25, 0.3) is 5.91 Å².